The molecule has 5 rings (SSSR count). The molecule has 0 saturated heterocycles. The number of amides is 1. The average molecular weight is 562 g/mol. The number of rotatable bonds is 12. The van der Waals surface area contributed by atoms with Crippen molar-refractivity contribution < 1.29 is 14.2 Å². The van der Waals surface area contributed by atoms with Crippen molar-refractivity contribution in [2.24, 2.45) is 4.99 Å². The van der Waals surface area contributed by atoms with Gasteiger partial charge in [0.2, 0.25) is 5.88 Å². The van der Waals surface area contributed by atoms with Crippen molar-refractivity contribution in [2.75, 3.05) is 18.9 Å². The molecule has 1 fully saturated rings. The second-order valence-electron chi connectivity index (χ2n) is 10.8. The predicted octanol–water partition coefficient (Wildman–Crippen LogP) is 7.01. The Morgan fingerprint density at radius 1 is 1.15 bits per heavy atom. The Hall–Kier alpha value is -3.14. The maximum atomic E-state index is 13.7. The zero-order chi connectivity index (χ0) is 28.1. The van der Waals surface area contributed by atoms with Gasteiger partial charge in [0.15, 0.2) is 0 Å². The molecule has 1 aromatic heterocycles. The smallest absolute Gasteiger partial charge is 0.256 e. The van der Waals surface area contributed by atoms with E-state index in [1.807, 2.05) is 36.1 Å². The van der Waals surface area contributed by atoms with Gasteiger partial charge in [0.25, 0.3) is 5.91 Å². The first-order valence-electron chi connectivity index (χ1n) is 14.2. The van der Waals surface area contributed by atoms with Crippen LogP contribution in [-0.4, -0.2) is 46.6 Å². The highest BCUT2D eigenvalue weighted by atomic mass is 32.2. The molecule has 3 aromatic rings. The van der Waals surface area contributed by atoms with E-state index in [-0.39, 0.29) is 5.91 Å². The fourth-order valence-electron chi connectivity index (χ4n) is 5.62. The summed E-state index contributed by atoms with van der Waals surface area (Å²) < 4.78 is 8.60. The number of hydroxylamine groups is 2. The monoisotopic (exact) mass is 561 g/mol. The van der Waals surface area contributed by atoms with Crippen LogP contribution in [0.2, 0.25) is 0 Å². The lowest BCUT2D eigenvalue weighted by molar-refractivity contribution is -0.131. The van der Waals surface area contributed by atoms with Crippen LogP contribution in [0.4, 0.5) is 5.88 Å². The third kappa shape index (κ3) is 6.11. The first kappa shape index (κ1) is 28.4. The van der Waals surface area contributed by atoms with Gasteiger partial charge in [0.1, 0.15) is 11.4 Å². The Labute approximate surface area is 241 Å². The molecule has 0 bridgehead atoms. The third-order valence-corrected chi connectivity index (χ3v) is 8.64. The summed E-state index contributed by atoms with van der Waals surface area (Å²) in [6.45, 7) is 5.22. The van der Waals surface area contributed by atoms with E-state index in [4.69, 9.17) is 14.4 Å². The summed E-state index contributed by atoms with van der Waals surface area (Å²) in [5, 5.41) is 5.78. The van der Waals surface area contributed by atoms with Crippen molar-refractivity contribution in [2.45, 2.75) is 82.3 Å². The van der Waals surface area contributed by atoms with Crippen LogP contribution < -0.4 is 4.72 Å². The molecule has 212 valence electrons. The molecule has 1 aliphatic carbocycles. The van der Waals surface area contributed by atoms with E-state index in [0.29, 0.717) is 19.0 Å². The maximum absolute atomic E-state index is 13.7. The molecule has 8 nitrogen and oxygen atoms in total. The van der Waals surface area contributed by atoms with Gasteiger partial charge >= 0.3 is 0 Å². The maximum Gasteiger partial charge on any atom is 0.256 e. The molecular formula is C31H39N5O3S. The first-order chi connectivity index (χ1) is 19.4. The molecule has 40 heavy (non-hydrogen) atoms. The van der Waals surface area contributed by atoms with Gasteiger partial charge < -0.3 is 9.36 Å². The van der Waals surface area contributed by atoms with Gasteiger partial charge in [-0.05, 0) is 66.5 Å². The van der Waals surface area contributed by atoms with Crippen molar-refractivity contribution in [3.05, 3.63) is 65.4 Å². The second kappa shape index (κ2) is 12.6. The SMILES string of the molecule is CCCCC1=NC2(CCCC2)C(=O)N1Cc1ccc(-c2ccccc2SNc2cc(C)no2)c(CN(C)OC)c1. The molecule has 0 atom stereocenters. The molecule has 1 amide bonds. The van der Waals surface area contributed by atoms with Crippen LogP contribution in [0.1, 0.15) is 68.7 Å². The zero-order valence-corrected chi connectivity index (χ0v) is 24.7. The standard InChI is InChI=1S/C31H39N5O3S/c1-5-6-13-28-32-31(16-9-10-17-31)30(37)36(28)20-23-14-15-25(24(19-23)21-35(3)38-4)26-11-7-8-12-27(26)40-34-29-18-22(2)33-39-29/h7-8,11-12,14-15,18-19,34H,5-6,9-10,13,16-17,20-21H2,1-4H3. The van der Waals surface area contributed by atoms with Crippen LogP contribution in [-0.2, 0) is 22.7 Å². The number of hydrogen-bond donors (Lipinski definition) is 1. The Morgan fingerprint density at radius 3 is 2.67 bits per heavy atom. The third-order valence-electron chi connectivity index (χ3n) is 7.76. The number of aliphatic imine (C=N–C) groups is 1. The zero-order valence-electron chi connectivity index (χ0n) is 23.9. The van der Waals surface area contributed by atoms with Crippen LogP contribution in [0, 0.1) is 6.92 Å². The number of aryl methyl sites for hydroxylation is 1. The van der Waals surface area contributed by atoms with Gasteiger partial charge in [-0.1, -0.05) is 67.7 Å². The van der Waals surface area contributed by atoms with Crippen LogP contribution in [0.15, 0.2) is 62.9 Å². The number of benzene rings is 2. The Bertz CT molecular complexity index is 1360. The molecule has 2 aliphatic rings. The predicted molar refractivity (Wildman–Crippen MR) is 160 cm³/mol. The number of amidine groups is 1. The molecular weight excluding hydrogens is 522 g/mol. The Morgan fingerprint density at radius 2 is 1.95 bits per heavy atom. The molecule has 9 heteroatoms. The average Bonchev–Trinajstić information content (AvgIpc) is 3.67. The summed E-state index contributed by atoms with van der Waals surface area (Å²) in [6, 6.07) is 16.7. The lowest BCUT2D eigenvalue weighted by Crippen LogP contribution is -2.40. The van der Waals surface area contributed by atoms with E-state index in [0.717, 1.165) is 83.6 Å². The molecule has 0 unspecified atom stereocenters. The van der Waals surface area contributed by atoms with Crippen LogP contribution in [0.3, 0.4) is 0 Å². The number of nitrogens with zero attached hydrogens (tertiary/aromatic N) is 4. The van der Waals surface area contributed by atoms with Crippen molar-refractivity contribution >= 4 is 29.6 Å². The van der Waals surface area contributed by atoms with Gasteiger partial charge in [0, 0.05) is 31.0 Å². The van der Waals surface area contributed by atoms with Crippen molar-refractivity contribution in [3.63, 3.8) is 0 Å². The lowest BCUT2D eigenvalue weighted by atomic mass is 9.96. The summed E-state index contributed by atoms with van der Waals surface area (Å²) in [5.41, 5.74) is 4.75. The molecule has 2 heterocycles. The summed E-state index contributed by atoms with van der Waals surface area (Å²) in [7, 11) is 3.60. The van der Waals surface area contributed by atoms with Crippen LogP contribution >= 0.6 is 11.9 Å². The van der Waals surface area contributed by atoms with Crippen LogP contribution in [0.25, 0.3) is 11.1 Å². The van der Waals surface area contributed by atoms with Gasteiger partial charge in [0.05, 0.1) is 19.3 Å². The number of carbonyl (C=O) groups excluding carboxylic acids is 1. The largest absolute Gasteiger partial charge is 0.338 e. The highest BCUT2D eigenvalue weighted by molar-refractivity contribution is 8.00. The Kier molecular flexibility index (Phi) is 8.93. The minimum atomic E-state index is -0.521. The number of anilines is 1. The lowest BCUT2D eigenvalue weighted by Gasteiger charge is -2.24. The number of unbranched alkanes of at least 4 members (excludes halogenated alkanes) is 1. The fraction of sp³-hybridized carbons (Fsp3) is 0.452. The minimum absolute atomic E-state index is 0.186. The Balaban J connectivity index is 1.44. The van der Waals surface area contributed by atoms with E-state index < -0.39 is 5.54 Å². The van der Waals surface area contributed by atoms with Gasteiger partial charge in [-0.3, -0.25) is 19.4 Å². The summed E-state index contributed by atoms with van der Waals surface area (Å²) in [4.78, 5) is 27.3. The topological polar surface area (TPSA) is 83.2 Å². The highest BCUT2D eigenvalue weighted by Crippen LogP contribution is 2.41. The molecule has 0 radical (unpaired) electrons. The van der Waals surface area contributed by atoms with Crippen molar-refractivity contribution in [1.82, 2.24) is 15.1 Å². The number of nitrogens with one attached hydrogen (secondary N) is 1. The number of carbonyl (C=O) groups is 1. The van der Waals surface area contributed by atoms with Gasteiger partial charge in [-0.15, -0.1) is 0 Å². The second-order valence-corrected chi connectivity index (χ2v) is 11.6. The first-order valence-corrected chi connectivity index (χ1v) is 15.0. The molecule has 1 aliphatic heterocycles. The van der Waals surface area contributed by atoms with Gasteiger partial charge in [-0.2, -0.15) is 5.06 Å². The number of aromatic nitrogens is 1. The van der Waals surface area contributed by atoms with E-state index in [1.165, 1.54) is 11.9 Å². The fourth-order valence-corrected chi connectivity index (χ4v) is 6.36. The molecule has 2 aromatic carbocycles. The van der Waals surface area contributed by atoms with E-state index in [2.05, 4.69) is 53.2 Å². The minimum Gasteiger partial charge on any atom is -0.338 e. The normalized spacial score (nSPS) is 16.4. The quantitative estimate of drug-likeness (QED) is 0.188. The van der Waals surface area contributed by atoms with E-state index in [1.54, 1.807) is 7.11 Å². The molecule has 1 saturated carbocycles. The van der Waals surface area contributed by atoms with Crippen LogP contribution in [0.5, 0.6) is 0 Å². The molecule has 1 N–H and O–H groups in total. The van der Waals surface area contributed by atoms with E-state index in [9.17, 15) is 4.79 Å². The van der Waals surface area contributed by atoms with E-state index >= 15 is 0 Å². The summed E-state index contributed by atoms with van der Waals surface area (Å²) in [6.07, 6.45) is 6.87. The highest BCUT2D eigenvalue weighted by Gasteiger charge is 2.49. The summed E-state index contributed by atoms with van der Waals surface area (Å²) >= 11 is 1.49. The van der Waals surface area contributed by atoms with Crippen molar-refractivity contribution in [1.29, 1.82) is 0 Å². The molecule has 1 spiro atoms. The van der Waals surface area contributed by atoms with Crippen molar-refractivity contribution in [3.8, 4) is 11.1 Å². The van der Waals surface area contributed by atoms with Gasteiger partial charge in [-0.25, -0.2) is 0 Å². The summed E-state index contributed by atoms with van der Waals surface area (Å²) in [5.74, 6) is 1.76. The number of hydrogen-bond acceptors (Lipinski definition) is 8.